The van der Waals surface area contributed by atoms with E-state index >= 15 is 4.39 Å². The molecule has 8 heteroatoms. The molecule has 0 aromatic heterocycles. The lowest BCUT2D eigenvalue weighted by atomic mass is 9.98. The first kappa shape index (κ1) is 26.3. The zero-order valence-electron chi connectivity index (χ0n) is 20.7. The number of nitrogens with one attached hydrogen (secondary N) is 1. The number of piperidine rings is 1. The van der Waals surface area contributed by atoms with E-state index in [-0.39, 0.29) is 24.5 Å². The molecule has 4 rings (SSSR count). The van der Waals surface area contributed by atoms with Crippen LogP contribution in [0.5, 0.6) is 5.75 Å². The Morgan fingerprint density at radius 2 is 1.81 bits per heavy atom. The second-order valence-corrected chi connectivity index (χ2v) is 9.12. The lowest BCUT2D eigenvalue weighted by Gasteiger charge is -2.40. The Bertz CT molecular complexity index is 1300. The van der Waals surface area contributed by atoms with Crippen LogP contribution in [0.1, 0.15) is 28.7 Å². The maximum absolute atomic E-state index is 15.2. The number of aryl methyl sites for hydroxylation is 2. The summed E-state index contributed by atoms with van der Waals surface area (Å²) in [5.41, 5.74) is 2.98. The molecular formula is C29H29F4N3O. The molecule has 0 saturated carbocycles. The predicted octanol–water partition coefficient (Wildman–Crippen LogP) is 6.85. The molecule has 0 aliphatic carbocycles. The minimum absolute atomic E-state index is 0.0430. The second kappa shape index (κ2) is 11.1. The molecule has 1 aliphatic heterocycles. The molecule has 0 radical (unpaired) electrons. The smallest absolute Gasteiger partial charge is 0.320 e. The summed E-state index contributed by atoms with van der Waals surface area (Å²) >= 11 is 0. The third-order valence-electron chi connectivity index (χ3n) is 6.56. The fourth-order valence-corrected chi connectivity index (χ4v) is 4.56. The molecule has 194 valence electrons. The van der Waals surface area contributed by atoms with Crippen LogP contribution >= 0.6 is 0 Å². The average molecular weight is 512 g/mol. The van der Waals surface area contributed by atoms with Crippen molar-refractivity contribution in [3.63, 3.8) is 0 Å². The fraction of sp³-hybridized carbons (Fsp3) is 0.276. The lowest BCUT2D eigenvalue weighted by molar-refractivity contribution is 0.0293. The van der Waals surface area contributed by atoms with Gasteiger partial charge >= 0.3 is 6.55 Å². The van der Waals surface area contributed by atoms with Crippen LogP contribution in [0, 0.1) is 25.1 Å². The summed E-state index contributed by atoms with van der Waals surface area (Å²) in [6.07, 6.45) is -1.90. The Balaban J connectivity index is 1.42. The van der Waals surface area contributed by atoms with Gasteiger partial charge in [0, 0.05) is 24.1 Å². The zero-order chi connectivity index (χ0) is 26.7. The number of anilines is 1. The van der Waals surface area contributed by atoms with Crippen molar-refractivity contribution in [2.45, 2.75) is 39.1 Å². The summed E-state index contributed by atoms with van der Waals surface area (Å²) < 4.78 is 62.6. The predicted molar refractivity (Wildman–Crippen MR) is 138 cm³/mol. The lowest BCUT2D eigenvalue weighted by Crippen LogP contribution is -2.50. The molecule has 1 N–H and O–H groups in total. The topological polar surface area (TPSA) is 39.6 Å². The average Bonchev–Trinajstić information content (AvgIpc) is 2.86. The van der Waals surface area contributed by atoms with Gasteiger partial charge < -0.3 is 9.64 Å². The van der Waals surface area contributed by atoms with Crippen molar-refractivity contribution in [3.8, 4) is 5.75 Å². The highest BCUT2D eigenvalue weighted by molar-refractivity contribution is 6.11. The molecule has 1 fully saturated rings. The summed E-state index contributed by atoms with van der Waals surface area (Å²) in [6.45, 7) is 4.75. The van der Waals surface area contributed by atoms with E-state index < -0.39 is 24.6 Å². The Kier molecular flexibility index (Phi) is 7.86. The molecule has 1 saturated heterocycles. The first-order chi connectivity index (χ1) is 17.7. The minimum atomic E-state index is -2.83. The molecule has 2 atom stereocenters. The molecule has 3 aromatic carbocycles. The monoisotopic (exact) mass is 511 g/mol. The molecule has 37 heavy (non-hydrogen) atoms. The van der Waals surface area contributed by atoms with Crippen LogP contribution in [0.2, 0.25) is 0 Å². The summed E-state index contributed by atoms with van der Waals surface area (Å²) in [5, 5.41) is 8.43. The third kappa shape index (κ3) is 5.79. The van der Waals surface area contributed by atoms with Crippen molar-refractivity contribution >= 4 is 11.4 Å². The molecule has 0 spiro atoms. The van der Waals surface area contributed by atoms with Crippen LogP contribution in [0.4, 0.5) is 23.2 Å². The molecule has 1 heterocycles. The van der Waals surface area contributed by atoms with Gasteiger partial charge in [0.2, 0.25) is 0 Å². The van der Waals surface area contributed by atoms with Crippen LogP contribution in [0.3, 0.4) is 0 Å². The van der Waals surface area contributed by atoms with E-state index in [2.05, 4.69) is 6.58 Å². The Morgan fingerprint density at radius 3 is 2.46 bits per heavy atom. The quantitative estimate of drug-likeness (QED) is 0.204. The summed E-state index contributed by atoms with van der Waals surface area (Å²) in [5.74, 6) is 0.0715. The minimum Gasteiger partial charge on any atom is -0.487 e. The van der Waals surface area contributed by atoms with E-state index in [1.807, 2.05) is 0 Å². The maximum Gasteiger partial charge on any atom is 0.320 e. The van der Waals surface area contributed by atoms with Gasteiger partial charge in [-0.05, 0) is 61.4 Å². The molecule has 0 amide bonds. The van der Waals surface area contributed by atoms with Crippen molar-refractivity contribution in [1.82, 2.24) is 4.90 Å². The van der Waals surface area contributed by atoms with E-state index in [1.165, 1.54) is 17.0 Å². The van der Waals surface area contributed by atoms with Crippen molar-refractivity contribution in [2.24, 2.45) is 0 Å². The van der Waals surface area contributed by atoms with Crippen LogP contribution in [-0.4, -0.2) is 42.5 Å². The molecule has 0 bridgehead atoms. The number of nitrogens with zero attached hydrogens (tertiary/aromatic N) is 2. The normalized spacial score (nSPS) is 17.5. The number of likely N-dealkylation sites (tertiary alicyclic amines) is 1. The van der Waals surface area contributed by atoms with Gasteiger partial charge in [0.15, 0.2) is 6.17 Å². The standard InChI is InChI=1S/C29H29F4N3O/c1-18-7-4-5-10-26(18)36(29(32)33)20(3)35-14-13-27(25(31)17-35)37-23-11-12-24(19(2)15-23)28(34)21-8-6-9-22(30)16-21/h4-12,15-16,25,27,29,34H,3,13-14,17H2,1-2H3/t25-,27?/m1/s1. The SMILES string of the molecule is C=C(N1CCC(Oc2ccc(C(=N)c3cccc(F)c3)c(C)c2)[C@H](F)C1)N(c1ccccc1C)C(F)F. The molecular weight excluding hydrogens is 482 g/mol. The van der Waals surface area contributed by atoms with Crippen molar-refractivity contribution in [2.75, 3.05) is 18.0 Å². The van der Waals surface area contributed by atoms with Crippen LogP contribution in [-0.2, 0) is 0 Å². The van der Waals surface area contributed by atoms with E-state index in [0.717, 1.165) is 10.5 Å². The zero-order valence-corrected chi connectivity index (χ0v) is 20.7. The van der Waals surface area contributed by atoms with Crippen LogP contribution in [0.15, 0.2) is 79.1 Å². The van der Waals surface area contributed by atoms with Crippen LogP contribution in [0.25, 0.3) is 0 Å². The van der Waals surface area contributed by atoms with Gasteiger partial charge in [-0.15, -0.1) is 0 Å². The van der Waals surface area contributed by atoms with Gasteiger partial charge in [-0.3, -0.25) is 10.3 Å². The van der Waals surface area contributed by atoms with E-state index in [4.69, 9.17) is 10.1 Å². The van der Waals surface area contributed by atoms with Gasteiger partial charge in [0.25, 0.3) is 0 Å². The molecule has 1 aliphatic rings. The van der Waals surface area contributed by atoms with E-state index in [0.29, 0.717) is 34.7 Å². The Hall–Kier alpha value is -3.81. The maximum atomic E-state index is 15.2. The largest absolute Gasteiger partial charge is 0.487 e. The highest BCUT2D eigenvalue weighted by atomic mass is 19.3. The number of alkyl halides is 3. The summed E-state index contributed by atoms with van der Waals surface area (Å²) in [4.78, 5) is 2.36. The van der Waals surface area contributed by atoms with Crippen LogP contribution < -0.4 is 9.64 Å². The number of ether oxygens (including phenoxy) is 1. The highest BCUT2D eigenvalue weighted by Crippen LogP contribution is 2.31. The van der Waals surface area contributed by atoms with E-state index in [1.54, 1.807) is 68.4 Å². The number of rotatable bonds is 8. The summed E-state index contributed by atoms with van der Waals surface area (Å²) in [7, 11) is 0. The number of hydrogen-bond donors (Lipinski definition) is 1. The van der Waals surface area contributed by atoms with Gasteiger partial charge in [-0.1, -0.05) is 36.9 Å². The molecule has 3 aromatic rings. The van der Waals surface area contributed by atoms with Gasteiger partial charge in [-0.2, -0.15) is 8.78 Å². The van der Waals surface area contributed by atoms with E-state index in [9.17, 15) is 13.2 Å². The van der Waals surface area contributed by atoms with Gasteiger partial charge in [-0.25, -0.2) is 8.78 Å². The van der Waals surface area contributed by atoms with Crippen molar-refractivity contribution in [3.05, 3.63) is 107 Å². The summed E-state index contributed by atoms with van der Waals surface area (Å²) in [6, 6.07) is 17.7. The molecule has 4 nitrogen and oxygen atoms in total. The van der Waals surface area contributed by atoms with Crippen molar-refractivity contribution in [1.29, 1.82) is 5.41 Å². The van der Waals surface area contributed by atoms with Gasteiger partial charge in [0.05, 0.1) is 17.9 Å². The Labute approximate surface area is 214 Å². The number of para-hydroxylation sites is 1. The fourth-order valence-electron chi connectivity index (χ4n) is 4.56. The number of benzene rings is 3. The molecule has 1 unspecified atom stereocenters. The first-order valence-electron chi connectivity index (χ1n) is 12.0. The second-order valence-electron chi connectivity index (χ2n) is 9.12. The number of halogens is 4. The number of hydrogen-bond acceptors (Lipinski definition) is 4. The van der Waals surface area contributed by atoms with Crippen molar-refractivity contribution < 1.29 is 22.3 Å². The highest BCUT2D eigenvalue weighted by Gasteiger charge is 2.34. The van der Waals surface area contributed by atoms with Gasteiger partial charge in [0.1, 0.15) is 23.5 Å². The Morgan fingerprint density at radius 1 is 1.05 bits per heavy atom. The third-order valence-corrected chi connectivity index (χ3v) is 6.56. The first-order valence-corrected chi connectivity index (χ1v) is 12.0.